The van der Waals surface area contributed by atoms with E-state index < -0.39 is 22.5 Å². The van der Waals surface area contributed by atoms with Gasteiger partial charge in [0.15, 0.2) is 22.3 Å². The fourth-order valence-corrected chi connectivity index (χ4v) is 22.9. The maximum atomic E-state index is 12.1. The van der Waals surface area contributed by atoms with Gasteiger partial charge in [-0.05, 0) is 188 Å². The summed E-state index contributed by atoms with van der Waals surface area (Å²) < 4.78 is 62.4. The van der Waals surface area contributed by atoms with Crippen molar-refractivity contribution in [3.05, 3.63) is 282 Å². The molecule has 0 spiro atoms. The highest BCUT2D eigenvalue weighted by Gasteiger charge is 2.45. The van der Waals surface area contributed by atoms with Gasteiger partial charge in [0.05, 0.1) is 0 Å². The summed E-state index contributed by atoms with van der Waals surface area (Å²) in [6, 6.07) is 70.8. The van der Waals surface area contributed by atoms with Gasteiger partial charge in [-0.2, -0.15) is 0 Å². The van der Waals surface area contributed by atoms with Crippen molar-refractivity contribution in [3.63, 3.8) is 0 Å². The number of benzene rings is 15. The Morgan fingerprint density at radius 3 is 0.849 bits per heavy atom. The number of hydrogen-bond donors (Lipinski definition) is 0. The fourth-order valence-electron chi connectivity index (χ4n) is 22.9. The molecule has 0 N–H and O–H groups in total. The Bertz CT molecular complexity index is 9100. The van der Waals surface area contributed by atoms with Crippen molar-refractivity contribution in [1.82, 2.24) is 0 Å². The number of hydrogen-bond acceptors (Lipinski definition) is 16. The lowest BCUT2D eigenvalue weighted by atomic mass is 9.68. The van der Waals surface area contributed by atoms with Crippen LogP contribution in [0.1, 0.15) is 103 Å². The second kappa shape index (κ2) is 24.5. The van der Waals surface area contributed by atoms with Gasteiger partial charge in [0, 0.05) is 204 Å². The van der Waals surface area contributed by atoms with E-state index in [0.29, 0.717) is 55.8 Å². The van der Waals surface area contributed by atoms with Crippen molar-refractivity contribution >= 4 is 252 Å². The van der Waals surface area contributed by atoms with Gasteiger partial charge in [0.1, 0.15) is 67.0 Å². The van der Waals surface area contributed by atoms with E-state index >= 15 is 0 Å². The first kappa shape index (κ1) is 71.6. The van der Waals surface area contributed by atoms with Crippen molar-refractivity contribution in [1.29, 1.82) is 0 Å². The van der Waals surface area contributed by atoms with E-state index in [4.69, 9.17) is 44.2 Å². The molecule has 16 nitrogen and oxygen atoms in total. The highest BCUT2D eigenvalue weighted by molar-refractivity contribution is 6.44. The minimum Gasteiger partial charge on any atom is -0.456 e. The molecule has 4 aliphatic heterocycles. The first-order chi connectivity index (χ1) is 61.0. The van der Waals surface area contributed by atoms with Gasteiger partial charge in [-0.25, -0.2) is 19.2 Å². The molecule has 29 rings (SSSR count). The third-order valence-corrected chi connectivity index (χ3v) is 29.1. The van der Waals surface area contributed by atoms with Gasteiger partial charge >= 0.3 is 22.5 Å². The van der Waals surface area contributed by atoms with Gasteiger partial charge in [-0.15, -0.1) is 0 Å². The van der Waals surface area contributed by atoms with Crippen LogP contribution in [-0.4, -0.2) is 26.2 Å². The molecule has 10 aromatic heterocycles. The molecular weight excluding hydrogens is 1570 g/mol. The summed E-state index contributed by atoms with van der Waals surface area (Å²) in [5.74, 6) is 0. The van der Waals surface area contributed by atoms with E-state index in [0.717, 1.165) is 193 Å². The van der Waals surface area contributed by atoms with E-state index in [1.54, 1.807) is 36.4 Å². The second-order valence-corrected chi connectivity index (χ2v) is 38.0. The van der Waals surface area contributed by atoms with Crippen LogP contribution in [0, 0.1) is 0 Å². The monoisotopic (exact) mass is 1650 g/mol. The highest BCUT2D eigenvalue weighted by Crippen LogP contribution is 2.59. The highest BCUT2D eigenvalue weighted by atomic mass is 16.4. The molecule has 0 bridgehead atoms. The third kappa shape index (κ3) is 9.67. The zero-order chi connectivity index (χ0) is 84.5. The van der Waals surface area contributed by atoms with Crippen LogP contribution in [-0.2, 0) is 21.7 Å². The molecule has 25 aromatic rings. The summed E-state index contributed by atoms with van der Waals surface area (Å²) in [6.45, 7) is 23.9. The number of rotatable bonds is 0. The Morgan fingerprint density at radius 2 is 0.500 bits per heavy atom. The third-order valence-electron chi connectivity index (χ3n) is 29.1. The molecule has 610 valence electrons. The van der Waals surface area contributed by atoms with Crippen molar-refractivity contribution < 1.29 is 44.2 Å². The van der Waals surface area contributed by atoms with Crippen LogP contribution in [0.2, 0.25) is 0 Å². The predicted octanol–water partition coefficient (Wildman–Crippen LogP) is 28.1. The molecule has 0 saturated heterocycles. The summed E-state index contributed by atoms with van der Waals surface area (Å²) in [7, 11) is 0. The van der Waals surface area contributed by atoms with Gasteiger partial charge in [-0.3, -0.25) is 0 Å². The smallest absolute Gasteiger partial charge is 0.336 e. The lowest BCUT2D eigenvalue weighted by Crippen LogP contribution is -2.44. The molecule has 0 atom stereocenters. The molecule has 4 aliphatic rings. The summed E-state index contributed by atoms with van der Waals surface area (Å²) in [5, 5.41) is 28.9. The Hall–Kier alpha value is -14.9. The summed E-state index contributed by atoms with van der Waals surface area (Å²) in [5.41, 5.74) is 18.1. The number of nitrogens with zero attached hydrogens (tertiary/aromatic N) is 2. The Labute approximate surface area is 712 Å². The van der Waals surface area contributed by atoms with E-state index in [1.807, 2.05) is 84.9 Å². The fraction of sp³-hybridized carbons (Fsp3) is 0.182. The molecule has 0 saturated carbocycles. The lowest BCUT2D eigenvalue weighted by molar-refractivity contribution is 0.400. The predicted molar refractivity (Wildman–Crippen MR) is 507 cm³/mol. The zero-order valence-electron chi connectivity index (χ0n) is 70.1. The molecule has 0 radical (unpaired) electrons. The normalized spacial score (nSPS) is 16.0. The van der Waals surface area contributed by atoms with Crippen LogP contribution in [0.25, 0.3) is 240 Å². The minimum absolute atomic E-state index is 0.00705. The van der Waals surface area contributed by atoms with Crippen LogP contribution in [0.3, 0.4) is 0 Å². The van der Waals surface area contributed by atoms with Crippen LogP contribution in [0.4, 0.5) is 11.4 Å². The minimum atomic E-state index is -0.431. The largest absolute Gasteiger partial charge is 0.456 e. The maximum absolute atomic E-state index is 12.1. The molecule has 14 heterocycles. The zero-order valence-corrected chi connectivity index (χ0v) is 70.1. The van der Waals surface area contributed by atoms with Gasteiger partial charge in [0.2, 0.25) is 0 Å². The molecule has 0 fully saturated rings. The molecule has 0 unspecified atom stereocenters. The summed E-state index contributed by atoms with van der Waals surface area (Å²) in [4.78, 5) is 53.2. The summed E-state index contributed by atoms with van der Waals surface area (Å²) in [6.07, 6.45) is 4.58. The van der Waals surface area contributed by atoms with Gasteiger partial charge < -0.3 is 54.0 Å². The second-order valence-electron chi connectivity index (χ2n) is 38.0. The Morgan fingerprint density at radius 1 is 0.214 bits per heavy atom. The Kier molecular flexibility index (Phi) is 14.0. The van der Waals surface area contributed by atoms with E-state index in [1.165, 1.54) is 101 Å². The molecule has 16 heteroatoms. The number of fused-ring (bicyclic) bond motifs is 26. The van der Waals surface area contributed by atoms with Crippen LogP contribution in [0.15, 0.2) is 282 Å². The first-order valence-corrected chi connectivity index (χ1v) is 43.4. The van der Waals surface area contributed by atoms with Crippen LogP contribution in [0.5, 0.6) is 0 Å². The van der Waals surface area contributed by atoms with Crippen molar-refractivity contribution in [2.24, 2.45) is 0 Å². The first-order valence-electron chi connectivity index (χ1n) is 43.4. The molecule has 126 heavy (non-hydrogen) atoms. The van der Waals surface area contributed by atoms with Crippen LogP contribution < -0.4 is 32.3 Å². The Balaban J connectivity index is 0.0000000996. The molecule has 15 aromatic carbocycles. The molecule has 0 aliphatic carbocycles. The van der Waals surface area contributed by atoms with E-state index in [9.17, 15) is 19.2 Å². The average molecular weight is 1650 g/mol. The van der Waals surface area contributed by atoms with E-state index in [2.05, 4.69) is 138 Å². The molecule has 0 amide bonds. The number of anilines is 2. The van der Waals surface area contributed by atoms with Crippen LogP contribution >= 0.6 is 0 Å². The average Bonchev–Trinajstić information content (AvgIpc) is 0.675. The molecular formula is C110H76N2O14. The van der Waals surface area contributed by atoms with E-state index in [-0.39, 0.29) is 21.7 Å². The SMILES string of the molecule is CC1(C)CCN2CCC(C)(C)c3c2c1cc1c3oc2cccc3c2c1c1cccc2oc4c5c6c(cc4c3c21)C(C)(C)CCN6CCC5(C)C.O=c1ccc2cc3c(cc2o1)oc1cccc2c1c3c1cccc3oc4cc5oc(=O)ccc5cc4c2c31.O=c1ccc2ccc3c(oc4cccc5c4c3c3cccc4oc6c(ccc7ccc(=O)oc76)c5c43)c2o1. The van der Waals surface area contributed by atoms with Crippen molar-refractivity contribution in [2.45, 2.75) is 103 Å². The van der Waals surface area contributed by atoms with Gasteiger partial charge in [-0.1, -0.05) is 140 Å². The maximum Gasteiger partial charge on any atom is 0.336 e. The standard InChI is InChI=1S/C46H48N2O2.2C32H14O6/c1-43(2)15-19-47-21-17-45(5,6)37-39(47)29(43)23-27-33-25-11-9-14-32-36(25)34(26-12-10-13-31(35(26)33)49-41(27)37)28-24-30-40-38(42(28)50-32)46(7,8)18-22-48(40)20-16-44(30,3)4;33-23-13-9-15-8-12-20-26-18-4-2-6-22-28(18)25(17-3-1-5-21(27(17)26)35-31(20)29(15)37-23)19-11-7-16-10-14-24(34)38-30(16)32(19)36-22;33-27-10-8-16-12-20-25(13-23(16)37-27)35-21-5-1-3-17-29-19-11-15-7-9-28(34)38-24(15)14-26(19)36-22-6-2-4-18(32(22)29)30(20)31(17)21/h9-14,23-24H,15-22H2,1-8H3;2*1-14H. The summed E-state index contributed by atoms with van der Waals surface area (Å²) >= 11 is 0. The van der Waals surface area contributed by atoms with Crippen molar-refractivity contribution in [3.8, 4) is 0 Å². The topological polar surface area (TPSA) is 206 Å². The quantitative estimate of drug-likeness (QED) is 0.0786. The van der Waals surface area contributed by atoms with Gasteiger partial charge in [0.25, 0.3) is 0 Å². The lowest BCUT2D eigenvalue weighted by Gasteiger charge is -2.48. The van der Waals surface area contributed by atoms with Crippen molar-refractivity contribution in [2.75, 3.05) is 36.0 Å².